The molecule has 0 unspecified atom stereocenters. The highest BCUT2D eigenvalue weighted by atomic mass is 32.2. The first-order valence-corrected chi connectivity index (χ1v) is 14.0. The Morgan fingerprint density at radius 1 is 0.794 bits per heavy atom. The molecule has 180 valence electrons. The summed E-state index contributed by atoms with van der Waals surface area (Å²) in [6.07, 6.45) is 3.22. The van der Waals surface area contributed by atoms with Crippen LogP contribution in [0.5, 0.6) is 0 Å². The minimum Gasteiger partial charge on any atom is -0.340 e. The molecule has 7 heteroatoms. The maximum atomic E-state index is 12.8. The topological polar surface area (TPSA) is 43.9 Å². The number of nitrogens with zero attached hydrogens (tertiary/aromatic N) is 3. The second kappa shape index (κ2) is 11.0. The van der Waals surface area contributed by atoms with Crippen molar-refractivity contribution in [3.05, 3.63) is 78.4 Å². The molecule has 0 radical (unpaired) electrons. The number of rotatable bonds is 10. The Labute approximate surface area is 208 Å². The Morgan fingerprint density at radius 3 is 2.24 bits per heavy atom. The molecule has 0 aliphatic carbocycles. The average Bonchev–Trinajstić information content (AvgIpc) is 2.84. The summed E-state index contributed by atoms with van der Waals surface area (Å²) in [6, 6.07) is 24.5. The van der Waals surface area contributed by atoms with Crippen LogP contribution in [0, 0.1) is 0 Å². The fraction of sp³-hybridized carbons (Fsp3) is 0.333. The normalized spacial score (nSPS) is 13.3. The van der Waals surface area contributed by atoms with Crippen molar-refractivity contribution in [3.8, 4) is 0 Å². The summed E-state index contributed by atoms with van der Waals surface area (Å²) in [6.45, 7) is 2.88. The van der Waals surface area contributed by atoms with Gasteiger partial charge in [0, 0.05) is 30.4 Å². The quantitative estimate of drug-likeness (QED) is 0.372. The predicted molar refractivity (Wildman–Crippen MR) is 142 cm³/mol. The maximum Gasteiger partial charge on any atom is 0.242 e. The van der Waals surface area contributed by atoms with Crippen molar-refractivity contribution >= 4 is 33.2 Å². The van der Waals surface area contributed by atoms with Crippen molar-refractivity contribution < 1.29 is 8.42 Å². The first kappa shape index (κ1) is 24.8. The lowest BCUT2D eigenvalue weighted by atomic mass is 10.1. The summed E-state index contributed by atoms with van der Waals surface area (Å²) in [4.78, 5) is 7.30. The Morgan fingerprint density at radius 2 is 1.47 bits per heavy atom. The van der Waals surface area contributed by atoms with E-state index in [1.807, 2.05) is 18.2 Å². The molecule has 0 saturated carbocycles. The molecular weight excluding hydrogens is 462 g/mol. The highest BCUT2D eigenvalue weighted by Gasteiger charge is 2.26. The van der Waals surface area contributed by atoms with Gasteiger partial charge >= 0.3 is 0 Å². The van der Waals surface area contributed by atoms with Gasteiger partial charge in [0.1, 0.15) is 0 Å². The van der Waals surface area contributed by atoms with Crippen LogP contribution in [0.15, 0.2) is 87.5 Å². The first-order valence-electron chi connectivity index (χ1n) is 11.7. The highest BCUT2D eigenvalue weighted by molar-refractivity contribution is 7.99. The molecule has 0 fully saturated rings. The van der Waals surface area contributed by atoms with Gasteiger partial charge in [-0.3, -0.25) is 0 Å². The predicted octanol–water partition coefficient (Wildman–Crippen LogP) is 5.49. The van der Waals surface area contributed by atoms with Gasteiger partial charge < -0.3 is 9.80 Å². The number of fused-ring (bicyclic) bond motifs is 2. The lowest BCUT2D eigenvalue weighted by Gasteiger charge is -2.33. The van der Waals surface area contributed by atoms with Crippen LogP contribution in [0.25, 0.3) is 0 Å². The standard InChI is InChI=1S/C27H33N3O2S2/c1-28(2)34(31,32)23-16-17-27-25(21-23)30(24-14-7-8-15-26(24)33-27)20-10-19-29(3)18-9-13-22-11-5-4-6-12-22/h4-8,11-12,14-17,21H,9-10,13,18-20H2,1-3H3. The average molecular weight is 496 g/mol. The third-order valence-corrected chi connectivity index (χ3v) is 9.09. The molecule has 0 amide bonds. The van der Waals surface area contributed by atoms with E-state index < -0.39 is 10.0 Å². The van der Waals surface area contributed by atoms with Crippen molar-refractivity contribution in [1.82, 2.24) is 9.21 Å². The van der Waals surface area contributed by atoms with E-state index in [9.17, 15) is 8.42 Å². The summed E-state index contributed by atoms with van der Waals surface area (Å²) in [5.41, 5.74) is 3.50. The SMILES string of the molecule is CN(CCCc1ccccc1)CCCN1c2ccccc2Sc2ccc(S(=O)(=O)N(C)C)cc21. The minimum atomic E-state index is -3.49. The molecule has 1 aliphatic heterocycles. The van der Waals surface area contributed by atoms with Crippen LogP contribution in [0.1, 0.15) is 18.4 Å². The second-order valence-corrected chi connectivity index (χ2v) is 12.1. The number of para-hydroxylation sites is 1. The molecule has 1 heterocycles. The van der Waals surface area contributed by atoms with Crippen LogP contribution >= 0.6 is 11.8 Å². The molecule has 0 atom stereocenters. The molecule has 0 N–H and O–H groups in total. The summed E-state index contributed by atoms with van der Waals surface area (Å²) >= 11 is 1.70. The monoisotopic (exact) mass is 495 g/mol. The lowest BCUT2D eigenvalue weighted by molar-refractivity contribution is 0.326. The van der Waals surface area contributed by atoms with Gasteiger partial charge in [-0.15, -0.1) is 0 Å². The smallest absolute Gasteiger partial charge is 0.242 e. The molecule has 4 rings (SSSR count). The number of sulfonamides is 1. The zero-order valence-electron chi connectivity index (χ0n) is 20.1. The van der Waals surface area contributed by atoms with Gasteiger partial charge in [-0.1, -0.05) is 54.2 Å². The Balaban J connectivity index is 1.44. The van der Waals surface area contributed by atoms with Gasteiger partial charge in [-0.05, 0) is 75.3 Å². The maximum absolute atomic E-state index is 12.8. The van der Waals surface area contributed by atoms with Crippen molar-refractivity contribution in [3.63, 3.8) is 0 Å². The molecule has 0 spiro atoms. The third-order valence-electron chi connectivity index (χ3n) is 6.15. The van der Waals surface area contributed by atoms with E-state index in [0.29, 0.717) is 4.90 Å². The van der Waals surface area contributed by atoms with Crippen LogP contribution in [-0.4, -0.2) is 58.4 Å². The largest absolute Gasteiger partial charge is 0.340 e. The molecular formula is C27H33N3O2S2. The van der Waals surface area contributed by atoms with Crippen molar-refractivity contribution in [2.24, 2.45) is 0 Å². The molecule has 1 aliphatic rings. The van der Waals surface area contributed by atoms with Gasteiger partial charge in [0.05, 0.1) is 16.3 Å². The summed E-state index contributed by atoms with van der Waals surface area (Å²) in [5, 5.41) is 0. The molecule has 0 saturated heterocycles. The molecule has 34 heavy (non-hydrogen) atoms. The van der Waals surface area contributed by atoms with E-state index in [1.54, 1.807) is 31.9 Å². The van der Waals surface area contributed by atoms with Gasteiger partial charge in [-0.2, -0.15) is 0 Å². The molecule has 0 bridgehead atoms. The van der Waals surface area contributed by atoms with Crippen LogP contribution in [-0.2, 0) is 16.4 Å². The Bertz CT molecular complexity index is 1210. The van der Waals surface area contributed by atoms with Gasteiger partial charge in [0.25, 0.3) is 0 Å². The molecule has 5 nitrogen and oxygen atoms in total. The highest BCUT2D eigenvalue weighted by Crippen LogP contribution is 2.48. The van der Waals surface area contributed by atoms with E-state index in [-0.39, 0.29) is 0 Å². The van der Waals surface area contributed by atoms with E-state index >= 15 is 0 Å². The van der Waals surface area contributed by atoms with Crippen molar-refractivity contribution in [1.29, 1.82) is 0 Å². The molecule has 3 aromatic carbocycles. The van der Waals surface area contributed by atoms with Crippen LogP contribution in [0.3, 0.4) is 0 Å². The van der Waals surface area contributed by atoms with Crippen LogP contribution in [0.2, 0.25) is 0 Å². The summed E-state index contributed by atoms with van der Waals surface area (Å²) in [7, 11) is 1.84. The van der Waals surface area contributed by atoms with Gasteiger partial charge in [0.15, 0.2) is 0 Å². The Hall–Kier alpha value is -2.32. The fourth-order valence-corrected chi connectivity index (χ4v) is 6.23. The van der Waals surface area contributed by atoms with E-state index in [0.717, 1.165) is 55.2 Å². The zero-order valence-corrected chi connectivity index (χ0v) is 21.8. The number of hydrogen-bond donors (Lipinski definition) is 0. The molecule has 0 aromatic heterocycles. The summed E-state index contributed by atoms with van der Waals surface area (Å²) < 4.78 is 26.8. The van der Waals surface area contributed by atoms with E-state index in [1.165, 1.54) is 14.8 Å². The van der Waals surface area contributed by atoms with Crippen molar-refractivity contribution in [2.45, 2.75) is 33.9 Å². The lowest BCUT2D eigenvalue weighted by Crippen LogP contribution is -2.28. The fourth-order valence-electron chi connectivity index (χ4n) is 4.23. The van der Waals surface area contributed by atoms with Gasteiger partial charge in [-0.25, -0.2) is 12.7 Å². The van der Waals surface area contributed by atoms with Crippen LogP contribution in [0.4, 0.5) is 11.4 Å². The van der Waals surface area contributed by atoms with Crippen molar-refractivity contribution in [2.75, 3.05) is 45.7 Å². The first-order chi connectivity index (χ1) is 16.4. The minimum absolute atomic E-state index is 0.333. The van der Waals surface area contributed by atoms with Gasteiger partial charge in [0.2, 0.25) is 10.0 Å². The number of hydrogen-bond acceptors (Lipinski definition) is 5. The second-order valence-electron chi connectivity index (χ2n) is 8.88. The van der Waals surface area contributed by atoms with E-state index in [2.05, 4.69) is 65.4 Å². The van der Waals surface area contributed by atoms with E-state index in [4.69, 9.17) is 0 Å². The zero-order chi connectivity index (χ0) is 24.1. The Kier molecular flexibility index (Phi) is 7.99. The summed E-state index contributed by atoms with van der Waals surface area (Å²) in [5.74, 6) is 0. The number of benzene rings is 3. The number of anilines is 2. The third kappa shape index (κ3) is 5.66. The molecule has 3 aromatic rings. The van der Waals surface area contributed by atoms with Crippen LogP contribution < -0.4 is 4.90 Å². The number of aryl methyl sites for hydroxylation is 1.